The Kier molecular flexibility index (Phi) is 9.36. The molecule has 1 atom stereocenters. The summed E-state index contributed by atoms with van der Waals surface area (Å²) in [6.45, 7) is 4.90. The normalized spacial score (nSPS) is 12.0. The van der Waals surface area contributed by atoms with Crippen molar-refractivity contribution < 1.29 is 19.5 Å². The quantitative estimate of drug-likeness (QED) is 0.413. The monoisotopic (exact) mass is 287 g/mol. The fraction of sp³-hybridized carbons (Fsp3) is 0.769. The van der Waals surface area contributed by atoms with E-state index < -0.39 is 12.0 Å². The van der Waals surface area contributed by atoms with Gasteiger partial charge in [-0.25, -0.2) is 4.79 Å². The second kappa shape index (κ2) is 10.2. The predicted molar refractivity (Wildman–Crippen MR) is 75.2 cm³/mol. The van der Waals surface area contributed by atoms with E-state index >= 15 is 0 Å². The van der Waals surface area contributed by atoms with Gasteiger partial charge in [0.15, 0.2) is 0 Å². The average molecular weight is 287 g/mol. The summed E-state index contributed by atoms with van der Waals surface area (Å²) in [7, 11) is 1.77. The molecule has 116 valence electrons. The van der Waals surface area contributed by atoms with Crippen molar-refractivity contribution in [1.82, 2.24) is 16.0 Å². The van der Waals surface area contributed by atoms with Crippen LogP contribution < -0.4 is 16.0 Å². The maximum absolute atomic E-state index is 11.5. The second-order valence-electron chi connectivity index (χ2n) is 5.05. The molecular formula is C13H25N3O4. The lowest BCUT2D eigenvalue weighted by atomic mass is 10.1. The number of carboxylic acids is 1. The van der Waals surface area contributed by atoms with E-state index in [1.165, 1.54) is 0 Å². The van der Waals surface area contributed by atoms with Crippen LogP contribution >= 0.6 is 0 Å². The molecule has 0 radical (unpaired) electrons. The van der Waals surface area contributed by atoms with Gasteiger partial charge in [0.1, 0.15) is 6.04 Å². The van der Waals surface area contributed by atoms with Crippen LogP contribution in [0.15, 0.2) is 0 Å². The first kappa shape index (κ1) is 18.4. The fourth-order valence-electron chi connectivity index (χ4n) is 1.57. The molecule has 0 heterocycles. The molecule has 0 spiro atoms. The van der Waals surface area contributed by atoms with E-state index in [1.807, 2.05) is 13.8 Å². The van der Waals surface area contributed by atoms with Crippen molar-refractivity contribution in [3.05, 3.63) is 0 Å². The molecule has 0 bridgehead atoms. The van der Waals surface area contributed by atoms with E-state index in [2.05, 4.69) is 16.0 Å². The number of likely N-dealkylation sites (N-methyl/N-ethyl adjacent to an activating group) is 1. The highest BCUT2D eigenvalue weighted by Gasteiger charge is 2.21. The molecule has 0 fully saturated rings. The lowest BCUT2D eigenvalue weighted by molar-refractivity contribution is -0.142. The molecular weight excluding hydrogens is 262 g/mol. The highest BCUT2D eigenvalue weighted by atomic mass is 16.4. The molecule has 0 saturated carbocycles. The highest BCUT2D eigenvalue weighted by molar-refractivity contribution is 5.84. The van der Waals surface area contributed by atoms with Crippen LogP contribution in [0.4, 0.5) is 0 Å². The minimum Gasteiger partial charge on any atom is -0.480 e. The van der Waals surface area contributed by atoms with Crippen molar-refractivity contribution >= 4 is 17.8 Å². The van der Waals surface area contributed by atoms with Crippen molar-refractivity contribution in [3.63, 3.8) is 0 Å². The third kappa shape index (κ3) is 9.32. The summed E-state index contributed by atoms with van der Waals surface area (Å²) in [5.74, 6) is -1.48. The topological polar surface area (TPSA) is 108 Å². The number of amides is 2. The second-order valence-corrected chi connectivity index (χ2v) is 5.05. The van der Waals surface area contributed by atoms with E-state index in [4.69, 9.17) is 5.11 Å². The van der Waals surface area contributed by atoms with E-state index in [9.17, 15) is 14.4 Å². The van der Waals surface area contributed by atoms with Gasteiger partial charge >= 0.3 is 5.97 Å². The summed E-state index contributed by atoms with van der Waals surface area (Å²) in [6.07, 6.45) is 0.436. The predicted octanol–water partition coefficient (Wildman–Crippen LogP) is -0.282. The standard InChI is InChI=1S/C13H25N3O4/c1-9(2)8-12(18)16-10(13(19)20)4-5-11(17)15-7-6-14-3/h9-10,14H,4-8H2,1-3H3,(H,15,17)(H,16,18)(H,19,20)/t10-/m0/s1. The van der Waals surface area contributed by atoms with Gasteiger partial charge in [0.05, 0.1) is 0 Å². The van der Waals surface area contributed by atoms with Crippen LogP contribution in [0.25, 0.3) is 0 Å². The van der Waals surface area contributed by atoms with Crippen molar-refractivity contribution in [2.24, 2.45) is 5.92 Å². The van der Waals surface area contributed by atoms with Crippen LogP contribution in [0.5, 0.6) is 0 Å². The first-order valence-corrected chi connectivity index (χ1v) is 6.80. The Morgan fingerprint density at radius 2 is 1.75 bits per heavy atom. The molecule has 0 aromatic rings. The molecule has 0 aliphatic carbocycles. The summed E-state index contributed by atoms with van der Waals surface area (Å²) in [4.78, 5) is 34.0. The van der Waals surface area contributed by atoms with Gasteiger partial charge < -0.3 is 21.1 Å². The maximum Gasteiger partial charge on any atom is 0.326 e. The van der Waals surface area contributed by atoms with Crippen molar-refractivity contribution in [2.45, 2.75) is 39.2 Å². The Bertz CT molecular complexity index is 332. The first-order chi connectivity index (χ1) is 9.36. The Morgan fingerprint density at radius 1 is 1.10 bits per heavy atom. The number of carbonyl (C=O) groups excluding carboxylic acids is 2. The number of rotatable bonds is 10. The summed E-state index contributed by atoms with van der Waals surface area (Å²) < 4.78 is 0. The number of carbonyl (C=O) groups is 3. The minimum atomic E-state index is -1.12. The first-order valence-electron chi connectivity index (χ1n) is 6.80. The molecule has 0 unspecified atom stereocenters. The molecule has 0 aromatic carbocycles. The van der Waals surface area contributed by atoms with Gasteiger partial charge in [-0.1, -0.05) is 13.8 Å². The zero-order valence-electron chi connectivity index (χ0n) is 12.4. The number of carboxylic acid groups (broad SMARTS) is 1. The van der Waals surface area contributed by atoms with E-state index in [-0.39, 0.29) is 37.0 Å². The third-order valence-electron chi connectivity index (χ3n) is 2.58. The van der Waals surface area contributed by atoms with Crippen molar-refractivity contribution in [1.29, 1.82) is 0 Å². The van der Waals surface area contributed by atoms with Crippen LogP contribution in [0.3, 0.4) is 0 Å². The zero-order valence-corrected chi connectivity index (χ0v) is 12.4. The van der Waals surface area contributed by atoms with Gasteiger partial charge in [0, 0.05) is 25.9 Å². The van der Waals surface area contributed by atoms with Crippen molar-refractivity contribution in [2.75, 3.05) is 20.1 Å². The smallest absolute Gasteiger partial charge is 0.326 e. The molecule has 0 rings (SSSR count). The summed E-state index contributed by atoms with van der Waals surface area (Å²) in [5.41, 5.74) is 0. The lowest BCUT2D eigenvalue weighted by Gasteiger charge is -2.15. The maximum atomic E-state index is 11.5. The van der Waals surface area contributed by atoms with Gasteiger partial charge in [-0.15, -0.1) is 0 Å². The van der Waals surface area contributed by atoms with Crippen LogP contribution in [0, 0.1) is 5.92 Å². The van der Waals surface area contributed by atoms with E-state index in [0.29, 0.717) is 13.1 Å². The molecule has 0 saturated heterocycles. The van der Waals surface area contributed by atoms with E-state index in [1.54, 1.807) is 7.05 Å². The van der Waals surface area contributed by atoms with Crippen LogP contribution in [-0.2, 0) is 14.4 Å². The molecule has 20 heavy (non-hydrogen) atoms. The Morgan fingerprint density at radius 3 is 2.25 bits per heavy atom. The molecule has 0 aliphatic rings. The number of hydrogen-bond acceptors (Lipinski definition) is 4. The van der Waals surface area contributed by atoms with Crippen LogP contribution in [0.2, 0.25) is 0 Å². The largest absolute Gasteiger partial charge is 0.480 e. The SMILES string of the molecule is CNCCNC(=O)CC[C@H](NC(=O)CC(C)C)C(=O)O. The molecule has 0 aromatic heterocycles. The Labute approximate surface area is 119 Å². The highest BCUT2D eigenvalue weighted by Crippen LogP contribution is 2.02. The van der Waals surface area contributed by atoms with Crippen LogP contribution in [-0.4, -0.2) is 49.1 Å². The van der Waals surface area contributed by atoms with Gasteiger partial charge in [0.25, 0.3) is 0 Å². The summed E-state index contributed by atoms with van der Waals surface area (Å²) >= 11 is 0. The van der Waals surface area contributed by atoms with Gasteiger partial charge in [-0.2, -0.15) is 0 Å². The molecule has 7 nitrogen and oxygen atoms in total. The number of nitrogens with one attached hydrogen (secondary N) is 3. The van der Waals surface area contributed by atoms with Gasteiger partial charge in [-0.3, -0.25) is 9.59 Å². The molecule has 4 N–H and O–H groups in total. The lowest BCUT2D eigenvalue weighted by Crippen LogP contribution is -2.42. The zero-order chi connectivity index (χ0) is 15.5. The Hall–Kier alpha value is -1.63. The van der Waals surface area contributed by atoms with E-state index in [0.717, 1.165) is 0 Å². The van der Waals surface area contributed by atoms with Crippen LogP contribution in [0.1, 0.15) is 33.1 Å². The molecule has 7 heteroatoms. The summed E-state index contributed by atoms with van der Waals surface area (Å²) in [5, 5.41) is 17.0. The number of hydrogen-bond donors (Lipinski definition) is 4. The molecule has 0 aliphatic heterocycles. The Balaban J connectivity index is 4.12. The van der Waals surface area contributed by atoms with Gasteiger partial charge in [-0.05, 0) is 19.4 Å². The minimum absolute atomic E-state index is 0.0721. The third-order valence-corrected chi connectivity index (χ3v) is 2.58. The molecule has 2 amide bonds. The number of aliphatic carboxylic acids is 1. The summed E-state index contributed by atoms with van der Waals surface area (Å²) in [6, 6.07) is -1.02. The van der Waals surface area contributed by atoms with Crippen molar-refractivity contribution in [3.8, 4) is 0 Å². The fourth-order valence-corrected chi connectivity index (χ4v) is 1.57. The average Bonchev–Trinajstić information content (AvgIpc) is 2.33. The van der Waals surface area contributed by atoms with Gasteiger partial charge in [0.2, 0.25) is 11.8 Å².